The number of methoxy groups -OCH3 is 1. The van der Waals surface area contributed by atoms with Gasteiger partial charge in [0, 0.05) is 10.6 Å². The molecule has 0 amide bonds. The number of carbonyl (C=O) groups excluding carboxylic acids is 1. The van der Waals surface area contributed by atoms with Crippen LogP contribution in [0.4, 0.5) is 0 Å². The highest BCUT2D eigenvalue weighted by Crippen LogP contribution is 2.37. The second-order valence-corrected chi connectivity index (χ2v) is 13.8. The Morgan fingerprint density at radius 1 is 1.09 bits per heavy atom. The number of thiazole rings is 1. The maximum Gasteiger partial charge on any atom is 0.338 e. The van der Waals surface area contributed by atoms with Crippen LogP contribution in [0.15, 0.2) is 74.1 Å². The molecule has 1 atom stereocenters. The molecule has 2 heterocycles. The van der Waals surface area contributed by atoms with Gasteiger partial charge >= 0.3 is 5.97 Å². The molecule has 1 aliphatic heterocycles. The van der Waals surface area contributed by atoms with Crippen molar-refractivity contribution >= 4 is 74.1 Å². The first-order chi connectivity index (χ1) is 22.4. The molecular weight excluding hydrogens is 751 g/mol. The van der Waals surface area contributed by atoms with E-state index >= 15 is 0 Å². The molecule has 0 radical (unpaired) electrons. The van der Waals surface area contributed by atoms with E-state index < -0.39 is 12.0 Å². The van der Waals surface area contributed by atoms with E-state index in [1.54, 1.807) is 56.3 Å². The second kappa shape index (κ2) is 14.9. The lowest BCUT2D eigenvalue weighted by molar-refractivity contribution is -0.139. The van der Waals surface area contributed by atoms with Crippen molar-refractivity contribution in [1.29, 1.82) is 0 Å². The highest BCUT2D eigenvalue weighted by molar-refractivity contribution is 9.10. The lowest BCUT2D eigenvalue weighted by Crippen LogP contribution is -2.40. The first-order valence-electron chi connectivity index (χ1n) is 14.5. The van der Waals surface area contributed by atoms with Crippen LogP contribution in [-0.2, 0) is 16.1 Å². The Bertz CT molecular complexity index is 2070. The van der Waals surface area contributed by atoms with Gasteiger partial charge in [0.1, 0.15) is 12.4 Å². The van der Waals surface area contributed by atoms with Crippen molar-refractivity contribution in [2.24, 2.45) is 4.99 Å². The van der Waals surface area contributed by atoms with E-state index in [4.69, 9.17) is 53.8 Å². The Morgan fingerprint density at radius 2 is 1.85 bits per heavy atom. The fraction of sp³-hybridized carbons (Fsp3) is 0.265. The minimum Gasteiger partial charge on any atom is -0.493 e. The zero-order valence-corrected chi connectivity index (χ0v) is 30.7. The topological polar surface area (TPSA) is 88.4 Å². The summed E-state index contributed by atoms with van der Waals surface area (Å²) in [4.78, 5) is 32.7. The summed E-state index contributed by atoms with van der Waals surface area (Å²) in [5.74, 6) is 0.906. The third kappa shape index (κ3) is 7.57. The molecule has 0 aliphatic carbocycles. The molecule has 0 unspecified atom stereocenters. The highest BCUT2D eigenvalue weighted by Gasteiger charge is 2.34. The predicted octanol–water partition coefficient (Wildman–Crippen LogP) is 7.90. The Labute approximate surface area is 298 Å². The van der Waals surface area contributed by atoms with Crippen LogP contribution in [0.25, 0.3) is 6.08 Å². The monoisotopic (exact) mass is 778 g/mol. The molecular formula is C34H30BrCl3N2O6S. The van der Waals surface area contributed by atoms with Gasteiger partial charge in [0.25, 0.3) is 5.56 Å². The number of hydrogen-bond acceptors (Lipinski definition) is 8. The number of ether oxygens (including phenoxy) is 4. The second-order valence-electron chi connectivity index (χ2n) is 10.7. The number of allylic oxidation sites excluding steroid dienone is 1. The summed E-state index contributed by atoms with van der Waals surface area (Å²) in [7, 11) is 1.54. The predicted molar refractivity (Wildman–Crippen MR) is 189 cm³/mol. The van der Waals surface area contributed by atoms with E-state index in [0.29, 0.717) is 62.9 Å². The van der Waals surface area contributed by atoms with Crippen molar-refractivity contribution in [2.45, 2.75) is 46.4 Å². The van der Waals surface area contributed by atoms with Crippen LogP contribution in [-0.4, -0.2) is 30.4 Å². The normalized spacial score (nSPS) is 14.6. The van der Waals surface area contributed by atoms with Crippen LogP contribution < -0.4 is 29.1 Å². The van der Waals surface area contributed by atoms with Gasteiger partial charge in [-0.2, -0.15) is 0 Å². The molecule has 1 aliphatic rings. The van der Waals surface area contributed by atoms with Crippen LogP contribution in [0.5, 0.6) is 17.2 Å². The van der Waals surface area contributed by atoms with Gasteiger partial charge in [-0.3, -0.25) is 9.36 Å². The molecule has 47 heavy (non-hydrogen) atoms. The van der Waals surface area contributed by atoms with Gasteiger partial charge in [0.2, 0.25) is 0 Å². The van der Waals surface area contributed by atoms with Gasteiger partial charge in [0.05, 0.1) is 56.2 Å². The van der Waals surface area contributed by atoms with Gasteiger partial charge in [-0.1, -0.05) is 58.3 Å². The molecule has 1 aromatic heterocycles. The molecule has 0 N–H and O–H groups in total. The Morgan fingerprint density at radius 3 is 2.53 bits per heavy atom. The van der Waals surface area contributed by atoms with Crippen LogP contribution >= 0.6 is 62.1 Å². The summed E-state index contributed by atoms with van der Waals surface area (Å²) < 4.78 is 25.6. The van der Waals surface area contributed by atoms with Gasteiger partial charge < -0.3 is 18.9 Å². The van der Waals surface area contributed by atoms with Gasteiger partial charge in [-0.15, -0.1) is 0 Å². The minimum atomic E-state index is -0.842. The summed E-state index contributed by atoms with van der Waals surface area (Å²) >= 11 is 23.5. The van der Waals surface area contributed by atoms with E-state index in [9.17, 15) is 9.59 Å². The summed E-state index contributed by atoms with van der Waals surface area (Å²) in [6, 6.07) is 13.2. The van der Waals surface area contributed by atoms with Crippen LogP contribution in [0.2, 0.25) is 15.1 Å². The average molecular weight is 781 g/mol. The summed E-state index contributed by atoms with van der Waals surface area (Å²) in [5.41, 5.74) is 2.32. The molecule has 4 aromatic rings. The average Bonchev–Trinajstić information content (AvgIpc) is 3.31. The quantitative estimate of drug-likeness (QED) is 0.152. The van der Waals surface area contributed by atoms with Crippen LogP contribution in [0.3, 0.4) is 0 Å². The van der Waals surface area contributed by atoms with E-state index in [1.165, 1.54) is 23.0 Å². The third-order valence-electron chi connectivity index (χ3n) is 7.07. The molecule has 13 heteroatoms. The number of nitrogens with zero attached hydrogens (tertiary/aromatic N) is 2. The van der Waals surface area contributed by atoms with E-state index in [-0.39, 0.29) is 30.5 Å². The Hall–Kier alpha value is -3.28. The number of hydrogen-bond donors (Lipinski definition) is 0. The largest absolute Gasteiger partial charge is 0.493 e. The van der Waals surface area contributed by atoms with Crippen molar-refractivity contribution in [2.75, 3.05) is 13.7 Å². The number of carbonyl (C=O) groups is 1. The fourth-order valence-electron chi connectivity index (χ4n) is 5.08. The van der Waals surface area contributed by atoms with Crippen molar-refractivity contribution in [1.82, 2.24) is 4.57 Å². The summed E-state index contributed by atoms with van der Waals surface area (Å²) in [6.07, 6.45) is 1.61. The molecule has 3 aromatic carbocycles. The van der Waals surface area contributed by atoms with Crippen molar-refractivity contribution in [3.05, 3.63) is 116 Å². The summed E-state index contributed by atoms with van der Waals surface area (Å²) in [5, 5.41) is 1.29. The molecule has 246 valence electrons. The van der Waals surface area contributed by atoms with E-state index in [2.05, 4.69) is 20.9 Å². The number of benzene rings is 3. The van der Waals surface area contributed by atoms with E-state index in [0.717, 1.165) is 5.56 Å². The molecule has 0 fully saturated rings. The molecule has 5 rings (SSSR count). The zero-order valence-electron chi connectivity index (χ0n) is 26.0. The third-order valence-corrected chi connectivity index (χ3v) is 9.60. The van der Waals surface area contributed by atoms with Crippen LogP contribution in [0.1, 0.15) is 50.4 Å². The highest BCUT2D eigenvalue weighted by atomic mass is 79.9. The maximum absolute atomic E-state index is 14.3. The minimum absolute atomic E-state index is 0.0888. The van der Waals surface area contributed by atoms with E-state index in [1.807, 2.05) is 26.0 Å². The summed E-state index contributed by atoms with van der Waals surface area (Å²) in [6.45, 7) is 7.62. The number of fused-ring (bicyclic) bond motifs is 1. The fourth-order valence-corrected chi connectivity index (χ4v) is 7.39. The number of aromatic nitrogens is 1. The SMILES string of the molecule is CCOC(=O)C1=C(C)N=c2s/c(=C/c3cc(Cl)cc(Br)c3OCc3ccc(Cl)c(Cl)c3)c(=O)n2[C@H]1c1ccc(OC(C)C)c(OC)c1. The lowest BCUT2D eigenvalue weighted by Gasteiger charge is -2.25. The Balaban J connectivity index is 1.65. The number of rotatable bonds is 10. The number of halogens is 4. The van der Waals surface area contributed by atoms with Crippen LogP contribution in [0, 0.1) is 0 Å². The first kappa shape index (κ1) is 35.0. The zero-order chi connectivity index (χ0) is 34.0. The molecule has 0 bridgehead atoms. The Kier molecular flexibility index (Phi) is 11.1. The van der Waals surface area contributed by atoms with Gasteiger partial charge in [-0.25, -0.2) is 9.79 Å². The molecule has 0 saturated carbocycles. The molecule has 8 nitrogen and oxygen atoms in total. The smallest absolute Gasteiger partial charge is 0.338 e. The molecule has 0 spiro atoms. The van der Waals surface area contributed by atoms with Gasteiger partial charge in [-0.05, 0) is 97.2 Å². The standard InChI is InChI=1S/C34H30BrCl3N2O6S/c1-6-44-33(42)29-18(4)39-34-40(30(29)20-8-10-26(46-17(2)3)27(13-20)43-5)32(41)28(47-34)14-21-12-22(36)15-23(35)31(21)45-16-19-7-9-24(37)25(38)11-19/h7-15,17,30H,6,16H2,1-5H3/b28-14+/t30-/m0/s1. The first-order valence-corrected chi connectivity index (χ1v) is 17.3. The maximum atomic E-state index is 14.3. The molecule has 0 saturated heterocycles. The van der Waals surface area contributed by atoms with Crippen molar-refractivity contribution < 1.29 is 23.7 Å². The lowest BCUT2D eigenvalue weighted by atomic mass is 9.95. The number of esters is 1. The van der Waals surface area contributed by atoms with Gasteiger partial charge in [0.15, 0.2) is 16.3 Å². The van der Waals surface area contributed by atoms with Crippen molar-refractivity contribution in [3.8, 4) is 17.2 Å². The van der Waals surface area contributed by atoms with Crippen molar-refractivity contribution in [3.63, 3.8) is 0 Å².